The van der Waals surface area contributed by atoms with Crippen LogP contribution in [0.15, 0.2) is 24.3 Å². The molecule has 8 nitrogen and oxygen atoms in total. The van der Waals surface area contributed by atoms with Gasteiger partial charge in [-0.15, -0.1) is 0 Å². The number of aryl methyl sites for hydroxylation is 1. The molecule has 24 heavy (non-hydrogen) atoms. The van der Waals surface area contributed by atoms with Gasteiger partial charge in [0.15, 0.2) is 6.29 Å². The molecule has 1 aliphatic heterocycles. The van der Waals surface area contributed by atoms with Crippen LogP contribution in [-0.2, 0) is 9.47 Å². The average Bonchev–Trinajstić information content (AvgIpc) is 2.59. The molecular formula is C16H24O8. The lowest BCUT2D eigenvalue weighted by atomic mass is 9.98. The van der Waals surface area contributed by atoms with E-state index in [1.165, 1.54) is 0 Å². The summed E-state index contributed by atoms with van der Waals surface area (Å²) in [6.07, 6.45) is -9.48. The Morgan fingerprint density at radius 2 is 1.67 bits per heavy atom. The lowest BCUT2D eigenvalue weighted by Crippen LogP contribution is -2.59. The second-order valence-electron chi connectivity index (χ2n) is 5.91. The van der Waals surface area contributed by atoms with E-state index in [0.717, 1.165) is 5.56 Å². The van der Waals surface area contributed by atoms with Crippen LogP contribution in [0.5, 0.6) is 0 Å². The number of rotatable bonds is 6. The Bertz CT molecular complexity index is 505. The highest BCUT2D eigenvalue weighted by Gasteiger charge is 2.45. The molecule has 7 atom stereocenters. The van der Waals surface area contributed by atoms with Crippen molar-refractivity contribution in [3.63, 3.8) is 0 Å². The average molecular weight is 344 g/mol. The number of aliphatic hydroxyl groups is 6. The van der Waals surface area contributed by atoms with Crippen molar-refractivity contribution in [2.45, 2.75) is 49.8 Å². The summed E-state index contributed by atoms with van der Waals surface area (Å²) in [6, 6.07) is 6.98. The van der Waals surface area contributed by atoms with Gasteiger partial charge >= 0.3 is 0 Å². The predicted molar refractivity (Wildman–Crippen MR) is 81.9 cm³/mol. The van der Waals surface area contributed by atoms with Crippen LogP contribution in [0.2, 0.25) is 0 Å². The normalized spacial score (nSPS) is 33.2. The Labute approximate surface area is 139 Å². The molecule has 2 rings (SSSR count). The van der Waals surface area contributed by atoms with E-state index in [4.69, 9.17) is 9.47 Å². The van der Waals surface area contributed by atoms with Crippen molar-refractivity contribution < 1.29 is 40.1 Å². The van der Waals surface area contributed by atoms with Gasteiger partial charge < -0.3 is 40.1 Å². The van der Waals surface area contributed by atoms with Crippen LogP contribution < -0.4 is 0 Å². The lowest BCUT2D eigenvalue weighted by Gasteiger charge is -2.41. The first kappa shape index (κ1) is 19.2. The van der Waals surface area contributed by atoms with Crippen molar-refractivity contribution in [2.24, 2.45) is 0 Å². The number of ether oxygens (including phenoxy) is 2. The molecule has 0 bridgehead atoms. The molecule has 1 aliphatic rings. The molecule has 0 aromatic heterocycles. The van der Waals surface area contributed by atoms with Crippen molar-refractivity contribution in [3.05, 3.63) is 35.4 Å². The van der Waals surface area contributed by atoms with Gasteiger partial charge in [-0.25, -0.2) is 0 Å². The van der Waals surface area contributed by atoms with Crippen LogP contribution in [0.1, 0.15) is 17.2 Å². The molecule has 0 spiro atoms. The van der Waals surface area contributed by atoms with Gasteiger partial charge in [0, 0.05) is 0 Å². The largest absolute Gasteiger partial charge is 0.394 e. The van der Waals surface area contributed by atoms with Crippen LogP contribution in [0.4, 0.5) is 0 Å². The van der Waals surface area contributed by atoms with Crippen molar-refractivity contribution in [2.75, 3.05) is 13.2 Å². The number of aliphatic hydroxyl groups excluding tert-OH is 6. The fourth-order valence-corrected chi connectivity index (χ4v) is 2.57. The first-order chi connectivity index (χ1) is 11.4. The van der Waals surface area contributed by atoms with Gasteiger partial charge in [0.1, 0.15) is 36.6 Å². The summed E-state index contributed by atoms with van der Waals surface area (Å²) in [4.78, 5) is 0. The third kappa shape index (κ3) is 4.11. The van der Waals surface area contributed by atoms with E-state index in [2.05, 4.69) is 0 Å². The van der Waals surface area contributed by atoms with Crippen LogP contribution in [0.25, 0.3) is 0 Å². The van der Waals surface area contributed by atoms with Crippen LogP contribution in [0, 0.1) is 6.92 Å². The first-order valence-electron chi connectivity index (χ1n) is 7.70. The SMILES string of the molecule is Cc1ccc(C(OC2OC(CO)C(O)C(O)C2O)C(O)CO)cc1. The fraction of sp³-hybridized carbons (Fsp3) is 0.625. The third-order valence-corrected chi connectivity index (χ3v) is 4.07. The molecule has 136 valence electrons. The molecule has 7 unspecified atom stereocenters. The maximum atomic E-state index is 10.0. The van der Waals surface area contributed by atoms with Crippen molar-refractivity contribution in [3.8, 4) is 0 Å². The third-order valence-electron chi connectivity index (χ3n) is 4.07. The Hall–Kier alpha value is -1.10. The zero-order chi connectivity index (χ0) is 17.9. The minimum absolute atomic E-state index is 0.541. The number of hydrogen-bond acceptors (Lipinski definition) is 8. The highest BCUT2D eigenvalue weighted by molar-refractivity contribution is 5.24. The summed E-state index contributed by atoms with van der Waals surface area (Å²) in [6.45, 7) is 0.720. The maximum Gasteiger partial charge on any atom is 0.187 e. The molecule has 1 saturated heterocycles. The van der Waals surface area contributed by atoms with Gasteiger partial charge in [0.25, 0.3) is 0 Å². The molecule has 1 aromatic carbocycles. The van der Waals surface area contributed by atoms with Gasteiger partial charge in [-0.05, 0) is 12.5 Å². The van der Waals surface area contributed by atoms with Gasteiger partial charge in [-0.3, -0.25) is 0 Å². The Kier molecular flexibility index (Phi) is 6.67. The minimum atomic E-state index is -1.58. The Morgan fingerprint density at radius 1 is 1.04 bits per heavy atom. The van der Waals surface area contributed by atoms with Gasteiger partial charge in [0.2, 0.25) is 0 Å². The van der Waals surface area contributed by atoms with E-state index in [-0.39, 0.29) is 0 Å². The predicted octanol–water partition coefficient (Wildman–Crippen LogP) is -1.79. The maximum absolute atomic E-state index is 10.0. The van der Waals surface area contributed by atoms with Crippen LogP contribution in [-0.4, -0.2) is 80.7 Å². The van der Waals surface area contributed by atoms with E-state index in [0.29, 0.717) is 5.56 Å². The molecule has 1 aromatic rings. The molecule has 8 heteroatoms. The lowest BCUT2D eigenvalue weighted by molar-refractivity contribution is -0.319. The van der Waals surface area contributed by atoms with Gasteiger partial charge in [0.05, 0.1) is 13.2 Å². The summed E-state index contributed by atoms with van der Waals surface area (Å²) in [5, 5.41) is 58.1. The van der Waals surface area contributed by atoms with E-state index in [1.54, 1.807) is 24.3 Å². The molecule has 6 N–H and O–H groups in total. The van der Waals surface area contributed by atoms with Crippen LogP contribution in [0.3, 0.4) is 0 Å². The van der Waals surface area contributed by atoms with E-state index in [1.807, 2.05) is 6.92 Å². The standard InChI is InChI=1S/C16H24O8/c1-8-2-4-9(5-3-8)15(10(19)6-17)24-16-14(22)13(21)12(20)11(7-18)23-16/h2-5,10-22H,6-7H2,1H3. The second kappa shape index (κ2) is 8.32. The summed E-state index contributed by atoms with van der Waals surface area (Å²) >= 11 is 0. The monoisotopic (exact) mass is 344 g/mol. The highest BCUT2D eigenvalue weighted by Crippen LogP contribution is 2.29. The molecule has 1 fully saturated rings. The quantitative estimate of drug-likeness (QED) is 0.355. The Balaban J connectivity index is 2.20. The molecular weight excluding hydrogens is 320 g/mol. The zero-order valence-corrected chi connectivity index (χ0v) is 13.3. The molecule has 1 heterocycles. The van der Waals surface area contributed by atoms with E-state index < -0.39 is 56.1 Å². The van der Waals surface area contributed by atoms with Crippen molar-refractivity contribution >= 4 is 0 Å². The summed E-state index contributed by atoms with van der Waals surface area (Å²) in [7, 11) is 0. The summed E-state index contributed by atoms with van der Waals surface area (Å²) in [5.41, 5.74) is 1.53. The van der Waals surface area contributed by atoms with Gasteiger partial charge in [-0.1, -0.05) is 29.8 Å². The fourth-order valence-electron chi connectivity index (χ4n) is 2.57. The zero-order valence-electron chi connectivity index (χ0n) is 13.3. The molecule has 0 aliphatic carbocycles. The topological polar surface area (TPSA) is 140 Å². The van der Waals surface area contributed by atoms with Gasteiger partial charge in [-0.2, -0.15) is 0 Å². The first-order valence-corrected chi connectivity index (χ1v) is 7.70. The molecule has 0 radical (unpaired) electrons. The Morgan fingerprint density at radius 3 is 2.21 bits per heavy atom. The van der Waals surface area contributed by atoms with Crippen molar-refractivity contribution in [1.82, 2.24) is 0 Å². The minimum Gasteiger partial charge on any atom is -0.394 e. The molecule has 0 saturated carbocycles. The summed E-state index contributed by atoms with van der Waals surface area (Å²) < 4.78 is 10.8. The van der Waals surface area contributed by atoms with E-state index >= 15 is 0 Å². The van der Waals surface area contributed by atoms with Crippen LogP contribution >= 0.6 is 0 Å². The number of hydrogen-bond donors (Lipinski definition) is 6. The van der Waals surface area contributed by atoms with Crippen molar-refractivity contribution in [1.29, 1.82) is 0 Å². The summed E-state index contributed by atoms with van der Waals surface area (Å²) in [5.74, 6) is 0. The smallest absolute Gasteiger partial charge is 0.187 e. The number of benzene rings is 1. The molecule has 0 amide bonds. The van der Waals surface area contributed by atoms with E-state index in [9.17, 15) is 30.6 Å². The highest BCUT2D eigenvalue weighted by atomic mass is 16.7. The second-order valence-corrected chi connectivity index (χ2v) is 5.91.